The first-order valence-electron chi connectivity index (χ1n) is 5.63. The topological polar surface area (TPSA) is 29.5 Å². The monoisotopic (exact) mass is 238 g/mol. The number of hydrogen-bond acceptors (Lipinski definition) is 2. The van der Waals surface area contributed by atoms with E-state index < -0.39 is 6.10 Å². The average molecular weight is 238 g/mol. The third-order valence-electron chi connectivity index (χ3n) is 2.80. The Morgan fingerprint density at radius 1 is 1.11 bits per heavy atom. The van der Waals surface area contributed by atoms with Crippen LogP contribution in [0.25, 0.3) is 0 Å². The Labute approximate surface area is 107 Å². The summed E-state index contributed by atoms with van der Waals surface area (Å²) in [7, 11) is 1.60. The molecule has 0 saturated carbocycles. The summed E-state index contributed by atoms with van der Waals surface area (Å²) in [5, 5.41) is 10.3. The molecule has 0 fully saturated rings. The van der Waals surface area contributed by atoms with Gasteiger partial charge in [0.05, 0.1) is 7.11 Å². The Balaban J connectivity index is 2.29. The number of terminal acetylenes is 1. The molecule has 1 atom stereocenters. The molecular formula is C16H14O2. The highest BCUT2D eigenvalue weighted by Gasteiger charge is 2.10. The molecule has 0 amide bonds. The summed E-state index contributed by atoms with van der Waals surface area (Å²) in [6.45, 7) is 0. The van der Waals surface area contributed by atoms with Gasteiger partial charge in [0.15, 0.2) is 0 Å². The van der Waals surface area contributed by atoms with Crippen LogP contribution in [0.5, 0.6) is 5.75 Å². The van der Waals surface area contributed by atoms with Crippen molar-refractivity contribution in [2.45, 2.75) is 6.10 Å². The SMILES string of the molecule is C#Cc1ccc(C(O)c2cccc(OC)c2)cc1. The molecule has 0 bridgehead atoms. The molecule has 1 N–H and O–H groups in total. The summed E-state index contributed by atoms with van der Waals surface area (Å²) in [6.07, 6.45) is 4.62. The third kappa shape index (κ3) is 2.53. The Hall–Kier alpha value is -2.24. The molecule has 0 aromatic heterocycles. The standard InChI is InChI=1S/C16H14O2/c1-3-12-7-9-13(10-8-12)16(17)14-5-4-6-15(11-14)18-2/h1,4-11,16-17H,2H3. The third-order valence-corrected chi connectivity index (χ3v) is 2.80. The van der Waals surface area contributed by atoms with Crippen molar-refractivity contribution in [3.63, 3.8) is 0 Å². The van der Waals surface area contributed by atoms with Gasteiger partial charge in [-0.1, -0.05) is 30.2 Å². The van der Waals surface area contributed by atoms with Crippen molar-refractivity contribution in [2.75, 3.05) is 7.11 Å². The van der Waals surface area contributed by atoms with E-state index in [-0.39, 0.29) is 0 Å². The molecule has 2 aromatic carbocycles. The van der Waals surface area contributed by atoms with Crippen molar-refractivity contribution in [1.29, 1.82) is 0 Å². The average Bonchev–Trinajstić information content (AvgIpc) is 2.46. The minimum atomic E-state index is -0.674. The van der Waals surface area contributed by atoms with E-state index in [1.54, 1.807) is 7.11 Å². The second-order valence-electron chi connectivity index (χ2n) is 3.95. The van der Waals surface area contributed by atoms with Gasteiger partial charge in [-0.05, 0) is 35.4 Å². The van der Waals surface area contributed by atoms with Crippen LogP contribution in [0.2, 0.25) is 0 Å². The summed E-state index contributed by atoms with van der Waals surface area (Å²) in [6, 6.07) is 14.7. The van der Waals surface area contributed by atoms with Crippen molar-refractivity contribution in [3.8, 4) is 18.1 Å². The van der Waals surface area contributed by atoms with Crippen LogP contribution in [0.15, 0.2) is 48.5 Å². The molecule has 2 aromatic rings. The van der Waals surface area contributed by atoms with Gasteiger partial charge in [-0.3, -0.25) is 0 Å². The summed E-state index contributed by atoms with van der Waals surface area (Å²) in [5.74, 6) is 3.28. The first kappa shape index (κ1) is 12.2. The second kappa shape index (κ2) is 5.39. The fourth-order valence-electron chi connectivity index (χ4n) is 1.77. The van der Waals surface area contributed by atoms with E-state index in [1.165, 1.54) is 0 Å². The highest BCUT2D eigenvalue weighted by atomic mass is 16.5. The molecule has 0 radical (unpaired) electrons. The fourth-order valence-corrected chi connectivity index (χ4v) is 1.77. The normalized spacial score (nSPS) is 11.6. The van der Waals surface area contributed by atoms with E-state index in [2.05, 4.69) is 5.92 Å². The summed E-state index contributed by atoms with van der Waals surface area (Å²) in [5.41, 5.74) is 2.40. The minimum Gasteiger partial charge on any atom is -0.497 e. The zero-order chi connectivity index (χ0) is 13.0. The summed E-state index contributed by atoms with van der Waals surface area (Å²) < 4.78 is 5.14. The molecule has 0 heterocycles. The maximum atomic E-state index is 10.3. The molecule has 90 valence electrons. The van der Waals surface area contributed by atoms with Gasteiger partial charge in [0, 0.05) is 5.56 Å². The van der Waals surface area contributed by atoms with E-state index in [1.807, 2.05) is 48.5 Å². The largest absolute Gasteiger partial charge is 0.497 e. The molecule has 2 heteroatoms. The Bertz CT molecular complexity index is 564. The van der Waals surface area contributed by atoms with Crippen molar-refractivity contribution in [2.24, 2.45) is 0 Å². The van der Waals surface area contributed by atoms with Crippen LogP contribution in [0.3, 0.4) is 0 Å². The number of ether oxygens (including phenoxy) is 1. The minimum absolute atomic E-state index is 0.674. The number of methoxy groups -OCH3 is 1. The maximum absolute atomic E-state index is 10.3. The predicted octanol–water partition coefficient (Wildman–Crippen LogP) is 2.76. The number of hydrogen-bond donors (Lipinski definition) is 1. The fraction of sp³-hybridized carbons (Fsp3) is 0.125. The van der Waals surface area contributed by atoms with Crippen LogP contribution in [0, 0.1) is 12.3 Å². The molecule has 2 nitrogen and oxygen atoms in total. The lowest BCUT2D eigenvalue weighted by atomic mass is 10.0. The lowest BCUT2D eigenvalue weighted by molar-refractivity contribution is 0.220. The van der Waals surface area contributed by atoms with Crippen LogP contribution in [-0.4, -0.2) is 12.2 Å². The summed E-state index contributed by atoms with van der Waals surface area (Å²) in [4.78, 5) is 0. The van der Waals surface area contributed by atoms with Gasteiger partial charge in [0.2, 0.25) is 0 Å². The van der Waals surface area contributed by atoms with Crippen LogP contribution >= 0.6 is 0 Å². The van der Waals surface area contributed by atoms with Crippen LogP contribution in [0.4, 0.5) is 0 Å². The molecule has 18 heavy (non-hydrogen) atoms. The molecule has 0 aliphatic heterocycles. The van der Waals surface area contributed by atoms with Gasteiger partial charge in [-0.2, -0.15) is 0 Å². The molecule has 2 rings (SSSR count). The van der Waals surface area contributed by atoms with Crippen LogP contribution < -0.4 is 4.74 Å². The molecule has 0 aliphatic carbocycles. The van der Waals surface area contributed by atoms with Gasteiger partial charge in [-0.15, -0.1) is 6.42 Å². The Morgan fingerprint density at radius 2 is 1.83 bits per heavy atom. The molecule has 0 saturated heterocycles. The molecule has 0 aliphatic rings. The molecule has 0 spiro atoms. The van der Waals surface area contributed by atoms with Crippen LogP contribution in [0.1, 0.15) is 22.8 Å². The Morgan fingerprint density at radius 3 is 2.44 bits per heavy atom. The predicted molar refractivity (Wildman–Crippen MR) is 71.4 cm³/mol. The maximum Gasteiger partial charge on any atom is 0.119 e. The van der Waals surface area contributed by atoms with Gasteiger partial charge in [0.1, 0.15) is 11.9 Å². The van der Waals surface area contributed by atoms with Gasteiger partial charge in [0.25, 0.3) is 0 Å². The number of aliphatic hydroxyl groups excluding tert-OH is 1. The highest BCUT2D eigenvalue weighted by Crippen LogP contribution is 2.25. The van der Waals surface area contributed by atoms with Crippen molar-refractivity contribution < 1.29 is 9.84 Å². The number of rotatable bonds is 3. The van der Waals surface area contributed by atoms with Crippen molar-refractivity contribution in [1.82, 2.24) is 0 Å². The number of aliphatic hydroxyl groups is 1. The van der Waals surface area contributed by atoms with E-state index in [9.17, 15) is 5.11 Å². The zero-order valence-corrected chi connectivity index (χ0v) is 10.1. The first-order valence-corrected chi connectivity index (χ1v) is 5.63. The highest BCUT2D eigenvalue weighted by molar-refractivity contribution is 5.39. The zero-order valence-electron chi connectivity index (χ0n) is 10.1. The quantitative estimate of drug-likeness (QED) is 0.833. The van der Waals surface area contributed by atoms with E-state index in [4.69, 9.17) is 11.2 Å². The molecule has 1 unspecified atom stereocenters. The molecular weight excluding hydrogens is 224 g/mol. The van der Waals surface area contributed by atoms with Crippen molar-refractivity contribution in [3.05, 3.63) is 65.2 Å². The van der Waals surface area contributed by atoms with Crippen LogP contribution in [-0.2, 0) is 0 Å². The first-order chi connectivity index (χ1) is 8.74. The van der Waals surface area contributed by atoms with Gasteiger partial charge >= 0.3 is 0 Å². The van der Waals surface area contributed by atoms with E-state index in [0.717, 1.165) is 22.4 Å². The van der Waals surface area contributed by atoms with Gasteiger partial charge < -0.3 is 9.84 Å². The lowest BCUT2D eigenvalue weighted by Gasteiger charge is -2.12. The smallest absolute Gasteiger partial charge is 0.119 e. The summed E-state index contributed by atoms with van der Waals surface area (Å²) >= 11 is 0. The number of benzene rings is 2. The lowest BCUT2D eigenvalue weighted by Crippen LogP contribution is -1.99. The van der Waals surface area contributed by atoms with E-state index >= 15 is 0 Å². The van der Waals surface area contributed by atoms with Gasteiger partial charge in [-0.25, -0.2) is 0 Å². The second-order valence-corrected chi connectivity index (χ2v) is 3.95. The Kier molecular flexibility index (Phi) is 3.66. The van der Waals surface area contributed by atoms with E-state index in [0.29, 0.717) is 0 Å². The van der Waals surface area contributed by atoms with Crippen molar-refractivity contribution >= 4 is 0 Å².